The van der Waals surface area contributed by atoms with Crippen molar-refractivity contribution in [2.75, 3.05) is 12.8 Å². The maximum atomic E-state index is 13.8. The highest BCUT2D eigenvalue weighted by atomic mass is 32.2. The summed E-state index contributed by atoms with van der Waals surface area (Å²) in [6.45, 7) is 3.80. The van der Waals surface area contributed by atoms with Crippen LogP contribution in [0, 0.1) is 13.8 Å². The number of ether oxygens (including phenoxy) is 1. The Bertz CT molecular complexity index is 1740. The Kier molecular flexibility index (Phi) is 5.49. The van der Waals surface area contributed by atoms with Crippen LogP contribution in [0.3, 0.4) is 0 Å². The molecule has 0 amide bonds. The molecule has 0 aliphatic rings. The number of fused-ring (bicyclic) bond motifs is 2. The van der Waals surface area contributed by atoms with Gasteiger partial charge in [0.1, 0.15) is 22.0 Å². The fraction of sp³-hybridized carbons (Fsp3) is 0.115. The molecule has 3 aromatic carbocycles. The van der Waals surface area contributed by atoms with Gasteiger partial charge in [-0.1, -0.05) is 30.3 Å². The lowest BCUT2D eigenvalue weighted by molar-refractivity contribution is 0.415. The van der Waals surface area contributed by atoms with Gasteiger partial charge < -0.3 is 10.5 Å². The van der Waals surface area contributed by atoms with Gasteiger partial charge in [0.25, 0.3) is 0 Å². The van der Waals surface area contributed by atoms with Crippen molar-refractivity contribution in [1.82, 2.24) is 14.6 Å². The molecule has 2 N–H and O–H groups in total. The first-order valence-electron chi connectivity index (χ1n) is 10.9. The molecule has 2 aromatic heterocycles. The molecule has 0 saturated heterocycles. The predicted octanol–water partition coefficient (Wildman–Crippen LogP) is 4.51. The van der Waals surface area contributed by atoms with E-state index in [0.717, 1.165) is 16.7 Å². The third kappa shape index (κ3) is 3.89. The van der Waals surface area contributed by atoms with Gasteiger partial charge >= 0.3 is 0 Å². The number of nitrogens with two attached hydrogens (primary N) is 1. The van der Waals surface area contributed by atoms with Gasteiger partial charge in [-0.15, -0.1) is 0 Å². The number of hydrogen-bond donors (Lipinski definition) is 1. The first-order valence-corrected chi connectivity index (χ1v) is 12.4. The van der Waals surface area contributed by atoms with E-state index in [1.54, 1.807) is 49.7 Å². The Morgan fingerprint density at radius 3 is 2.40 bits per heavy atom. The second-order valence-electron chi connectivity index (χ2n) is 8.18. The van der Waals surface area contributed by atoms with Gasteiger partial charge in [-0.25, -0.2) is 18.4 Å². The molecule has 0 spiro atoms. The fourth-order valence-corrected chi connectivity index (χ4v) is 5.42. The van der Waals surface area contributed by atoms with E-state index >= 15 is 0 Å². The van der Waals surface area contributed by atoms with Gasteiger partial charge in [0.2, 0.25) is 9.84 Å². The molecular weight excluding hydrogens is 462 g/mol. The van der Waals surface area contributed by atoms with E-state index in [4.69, 9.17) is 10.5 Å². The number of rotatable bonds is 5. The van der Waals surface area contributed by atoms with Crippen LogP contribution in [0.15, 0.2) is 81.6 Å². The van der Waals surface area contributed by atoms with Crippen LogP contribution in [0.2, 0.25) is 0 Å². The van der Waals surface area contributed by atoms with Crippen LogP contribution in [0.1, 0.15) is 16.7 Å². The van der Waals surface area contributed by atoms with Crippen molar-refractivity contribution in [3.05, 3.63) is 83.4 Å². The molecule has 0 aliphatic carbocycles. The molecule has 0 aliphatic heterocycles. The summed E-state index contributed by atoms with van der Waals surface area (Å²) in [5.74, 6) is 0.607. The number of methoxy groups -OCH3 is 1. The second kappa shape index (κ2) is 8.52. The number of hydrogen-bond acceptors (Lipinski definition) is 7. The van der Waals surface area contributed by atoms with Crippen LogP contribution in [-0.4, -0.2) is 36.4 Å². The molecule has 0 fully saturated rings. The van der Waals surface area contributed by atoms with Crippen molar-refractivity contribution in [2.24, 2.45) is 5.10 Å². The Labute approximate surface area is 202 Å². The van der Waals surface area contributed by atoms with Crippen molar-refractivity contribution in [3.63, 3.8) is 0 Å². The molecule has 0 atom stereocenters. The van der Waals surface area contributed by atoms with Gasteiger partial charge in [-0.2, -0.15) is 9.78 Å². The molecular formula is C26H23N5O3S. The average molecular weight is 486 g/mol. The van der Waals surface area contributed by atoms with Gasteiger partial charge in [0.05, 0.1) is 29.3 Å². The van der Waals surface area contributed by atoms with Crippen molar-refractivity contribution < 1.29 is 13.2 Å². The molecule has 9 heteroatoms. The van der Waals surface area contributed by atoms with E-state index in [9.17, 15) is 8.42 Å². The molecule has 0 radical (unpaired) electrons. The third-order valence-electron chi connectivity index (χ3n) is 5.90. The number of aryl methyl sites for hydroxylation is 2. The number of para-hydroxylation sites is 2. The standard InChI is InChI=1S/C26H23N5O3S/c1-16-11-12-20(13-17(16)2)35(32,33)24-23-26(30-22-10-5-4-9-21(22)29-23)31(25(24)27)28-15-18-7-6-8-19(14-18)34-3/h4-15H,27H2,1-3H3/b28-15+. The number of nitrogens with zero attached hydrogens (tertiary/aromatic N) is 4. The quantitative estimate of drug-likeness (QED) is 0.367. The van der Waals surface area contributed by atoms with Crippen LogP contribution in [0.4, 0.5) is 5.82 Å². The fourth-order valence-electron chi connectivity index (χ4n) is 3.85. The molecule has 5 aromatic rings. The Balaban J connectivity index is 1.78. The van der Waals surface area contributed by atoms with Crippen molar-refractivity contribution in [1.29, 1.82) is 0 Å². The zero-order valence-electron chi connectivity index (χ0n) is 19.4. The number of sulfone groups is 1. The van der Waals surface area contributed by atoms with Gasteiger partial charge in [-0.3, -0.25) is 0 Å². The Hall–Kier alpha value is -4.24. The molecule has 0 bridgehead atoms. The van der Waals surface area contributed by atoms with Crippen LogP contribution < -0.4 is 10.5 Å². The molecule has 2 heterocycles. The van der Waals surface area contributed by atoms with Crippen LogP contribution >= 0.6 is 0 Å². The van der Waals surface area contributed by atoms with E-state index in [1.165, 1.54) is 4.68 Å². The topological polar surface area (TPSA) is 112 Å². The van der Waals surface area contributed by atoms with Crippen molar-refractivity contribution in [2.45, 2.75) is 23.6 Å². The molecule has 35 heavy (non-hydrogen) atoms. The summed E-state index contributed by atoms with van der Waals surface area (Å²) < 4.78 is 34.2. The van der Waals surface area contributed by atoms with Crippen molar-refractivity contribution >= 4 is 44.1 Å². The van der Waals surface area contributed by atoms with Crippen molar-refractivity contribution in [3.8, 4) is 5.75 Å². The maximum Gasteiger partial charge on any atom is 0.212 e. The van der Waals surface area contributed by atoms with E-state index in [1.807, 2.05) is 44.2 Å². The number of aromatic nitrogens is 3. The van der Waals surface area contributed by atoms with Crippen LogP contribution in [0.5, 0.6) is 5.75 Å². The predicted molar refractivity (Wildman–Crippen MR) is 137 cm³/mol. The monoisotopic (exact) mass is 485 g/mol. The second-order valence-corrected chi connectivity index (χ2v) is 10.1. The van der Waals surface area contributed by atoms with Gasteiger partial charge in [0.15, 0.2) is 5.65 Å². The summed E-state index contributed by atoms with van der Waals surface area (Å²) in [5, 5.41) is 4.49. The summed E-state index contributed by atoms with van der Waals surface area (Å²) >= 11 is 0. The lowest BCUT2D eigenvalue weighted by atomic mass is 10.1. The summed E-state index contributed by atoms with van der Waals surface area (Å²) in [6, 6.07) is 19.5. The minimum absolute atomic E-state index is 0.0623. The zero-order valence-corrected chi connectivity index (χ0v) is 20.2. The number of benzene rings is 3. The lowest BCUT2D eigenvalue weighted by Crippen LogP contribution is -2.07. The van der Waals surface area contributed by atoms with Crippen LogP contribution in [-0.2, 0) is 9.84 Å². The molecule has 8 nitrogen and oxygen atoms in total. The van der Waals surface area contributed by atoms with Gasteiger partial charge in [-0.05, 0) is 66.9 Å². The van der Waals surface area contributed by atoms with E-state index in [2.05, 4.69) is 15.1 Å². The Morgan fingerprint density at radius 1 is 0.943 bits per heavy atom. The van der Waals surface area contributed by atoms with Crippen LogP contribution in [0.25, 0.3) is 22.2 Å². The highest BCUT2D eigenvalue weighted by Gasteiger charge is 2.30. The van der Waals surface area contributed by atoms with E-state index in [0.29, 0.717) is 16.8 Å². The highest BCUT2D eigenvalue weighted by Crippen LogP contribution is 2.35. The zero-order chi connectivity index (χ0) is 24.7. The molecule has 0 saturated carbocycles. The first-order chi connectivity index (χ1) is 16.8. The number of nitrogen functional groups attached to an aromatic ring is 1. The average Bonchev–Trinajstić information content (AvgIpc) is 3.13. The van der Waals surface area contributed by atoms with E-state index in [-0.39, 0.29) is 26.8 Å². The summed E-state index contributed by atoms with van der Waals surface area (Å²) in [6.07, 6.45) is 1.57. The minimum Gasteiger partial charge on any atom is -0.497 e. The SMILES string of the molecule is COc1cccc(/C=N/n2c(N)c(S(=O)(=O)c3ccc(C)c(C)c3)c3nc4ccccc4nc32)c1. The molecule has 176 valence electrons. The first kappa shape index (κ1) is 22.5. The Morgan fingerprint density at radius 2 is 1.69 bits per heavy atom. The summed E-state index contributed by atoms with van der Waals surface area (Å²) in [7, 11) is -2.44. The summed E-state index contributed by atoms with van der Waals surface area (Å²) in [5.41, 5.74) is 10.6. The van der Waals surface area contributed by atoms with E-state index < -0.39 is 9.84 Å². The minimum atomic E-state index is -4.02. The molecule has 5 rings (SSSR count). The summed E-state index contributed by atoms with van der Waals surface area (Å²) in [4.78, 5) is 9.32. The maximum absolute atomic E-state index is 13.8. The smallest absolute Gasteiger partial charge is 0.212 e. The lowest BCUT2D eigenvalue weighted by Gasteiger charge is -2.07. The number of anilines is 1. The van der Waals surface area contributed by atoms with Gasteiger partial charge in [0, 0.05) is 0 Å². The molecule has 0 unspecified atom stereocenters. The third-order valence-corrected chi connectivity index (χ3v) is 7.72. The largest absolute Gasteiger partial charge is 0.497 e. The normalized spacial score (nSPS) is 12.1. The highest BCUT2D eigenvalue weighted by molar-refractivity contribution is 7.92.